The molecule has 0 spiro atoms. The van der Waals surface area contributed by atoms with E-state index in [1.807, 2.05) is 0 Å². The highest BCUT2D eigenvalue weighted by Crippen LogP contribution is 2.40. The van der Waals surface area contributed by atoms with Crippen molar-refractivity contribution in [2.45, 2.75) is 44.4 Å². The van der Waals surface area contributed by atoms with Gasteiger partial charge in [0.05, 0.1) is 11.0 Å². The Kier molecular flexibility index (Phi) is 3.60. The molecule has 1 fully saturated rings. The second-order valence-electron chi connectivity index (χ2n) is 5.28. The van der Waals surface area contributed by atoms with Crippen LogP contribution in [0.2, 0.25) is 0 Å². The molecule has 19 heavy (non-hydrogen) atoms. The molecular weight excluding hydrogens is 244 g/mol. The first-order valence-corrected chi connectivity index (χ1v) is 6.55. The molecule has 2 rings (SSSR count). The van der Waals surface area contributed by atoms with E-state index in [9.17, 15) is 14.7 Å². The molecule has 0 saturated heterocycles. The summed E-state index contributed by atoms with van der Waals surface area (Å²) in [4.78, 5) is 22.9. The predicted molar refractivity (Wildman–Crippen MR) is 70.5 cm³/mol. The fourth-order valence-electron chi connectivity index (χ4n) is 2.93. The average molecular weight is 262 g/mol. The van der Waals surface area contributed by atoms with Crippen LogP contribution in [0.15, 0.2) is 18.2 Å². The molecule has 0 amide bonds. The smallest absolute Gasteiger partial charge is 0.335 e. The molecule has 0 bridgehead atoms. The number of hydrogen-bond acceptors (Lipinski definition) is 2. The molecule has 1 aromatic rings. The lowest BCUT2D eigenvalue weighted by Gasteiger charge is -2.34. The van der Waals surface area contributed by atoms with Gasteiger partial charge < -0.3 is 10.2 Å². The SMILES string of the molecule is Cc1ccc(C2(C(=O)O)CCCCC2)cc1C(=O)O. The minimum absolute atomic E-state index is 0.198. The third-order valence-electron chi connectivity index (χ3n) is 4.14. The van der Waals surface area contributed by atoms with Crippen molar-refractivity contribution in [1.82, 2.24) is 0 Å². The molecule has 0 atom stereocenters. The highest BCUT2D eigenvalue weighted by atomic mass is 16.4. The summed E-state index contributed by atoms with van der Waals surface area (Å²) in [5, 5.41) is 18.8. The fraction of sp³-hybridized carbons (Fsp3) is 0.467. The largest absolute Gasteiger partial charge is 0.481 e. The van der Waals surface area contributed by atoms with Gasteiger partial charge in [0, 0.05) is 0 Å². The molecule has 0 heterocycles. The van der Waals surface area contributed by atoms with E-state index in [1.165, 1.54) is 6.07 Å². The summed E-state index contributed by atoms with van der Waals surface area (Å²) in [5.74, 6) is -1.84. The molecule has 0 aliphatic heterocycles. The first-order chi connectivity index (χ1) is 8.97. The summed E-state index contributed by atoms with van der Waals surface area (Å²) in [6.45, 7) is 1.72. The monoisotopic (exact) mass is 262 g/mol. The van der Waals surface area contributed by atoms with Gasteiger partial charge in [-0.2, -0.15) is 0 Å². The average Bonchev–Trinajstić information content (AvgIpc) is 2.39. The van der Waals surface area contributed by atoms with Crippen molar-refractivity contribution in [1.29, 1.82) is 0 Å². The van der Waals surface area contributed by atoms with Gasteiger partial charge in [0.15, 0.2) is 0 Å². The van der Waals surface area contributed by atoms with Crippen LogP contribution in [-0.2, 0) is 10.2 Å². The van der Waals surface area contributed by atoms with Gasteiger partial charge in [0.1, 0.15) is 0 Å². The Balaban J connectivity index is 2.51. The van der Waals surface area contributed by atoms with Gasteiger partial charge in [0.2, 0.25) is 0 Å². The number of rotatable bonds is 3. The zero-order valence-corrected chi connectivity index (χ0v) is 11.0. The van der Waals surface area contributed by atoms with Gasteiger partial charge >= 0.3 is 11.9 Å². The third-order valence-corrected chi connectivity index (χ3v) is 4.14. The minimum atomic E-state index is -1.00. The van der Waals surface area contributed by atoms with E-state index < -0.39 is 17.4 Å². The third kappa shape index (κ3) is 2.35. The van der Waals surface area contributed by atoms with Crippen molar-refractivity contribution < 1.29 is 19.8 Å². The normalized spacial score (nSPS) is 17.9. The first-order valence-electron chi connectivity index (χ1n) is 6.55. The molecule has 1 aromatic carbocycles. The predicted octanol–water partition coefficient (Wildman–Crippen LogP) is 2.98. The summed E-state index contributed by atoms with van der Waals surface area (Å²) in [7, 11) is 0. The lowest BCUT2D eigenvalue weighted by Crippen LogP contribution is -2.38. The van der Waals surface area contributed by atoms with Gasteiger partial charge in [-0.25, -0.2) is 4.79 Å². The standard InChI is InChI=1S/C15H18O4/c1-10-5-6-11(9-12(10)13(16)17)15(14(18)19)7-3-2-4-8-15/h5-6,9H,2-4,7-8H2,1H3,(H,16,17)(H,18,19). The summed E-state index contributed by atoms with van der Waals surface area (Å²) in [5.41, 5.74) is 0.579. The van der Waals surface area contributed by atoms with E-state index in [0.29, 0.717) is 24.0 Å². The highest BCUT2D eigenvalue weighted by Gasteiger charge is 2.41. The van der Waals surface area contributed by atoms with Crippen LogP contribution in [0.5, 0.6) is 0 Å². The molecule has 4 heteroatoms. The number of aryl methyl sites for hydroxylation is 1. The molecule has 0 unspecified atom stereocenters. The molecular formula is C15H18O4. The quantitative estimate of drug-likeness (QED) is 0.878. The molecule has 1 aliphatic rings. The van der Waals surface area contributed by atoms with Crippen molar-refractivity contribution in [2.75, 3.05) is 0 Å². The van der Waals surface area contributed by atoms with E-state index >= 15 is 0 Å². The van der Waals surface area contributed by atoms with Crippen LogP contribution in [0.25, 0.3) is 0 Å². The minimum Gasteiger partial charge on any atom is -0.481 e. The molecule has 1 saturated carbocycles. The Bertz CT molecular complexity index is 513. The van der Waals surface area contributed by atoms with Crippen molar-refractivity contribution in [3.63, 3.8) is 0 Å². The van der Waals surface area contributed by atoms with Gasteiger partial charge in [-0.05, 0) is 37.0 Å². The Morgan fingerprint density at radius 3 is 2.26 bits per heavy atom. The summed E-state index contributed by atoms with van der Waals surface area (Å²) in [6.07, 6.45) is 3.98. The van der Waals surface area contributed by atoms with Gasteiger partial charge in [-0.3, -0.25) is 4.79 Å². The molecule has 0 radical (unpaired) electrons. The van der Waals surface area contributed by atoms with Crippen molar-refractivity contribution >= 4 is 11.9 Å². The maximum Gasteiger partial charge on any atom is 0.335 e. The lowest BCUT2D eigenvalue weighted by molar-refractivity contribution is -0.145. The zero-order chi connectivity index (χ0) is 14.0. The van der Waals surface area contributed by atoms with Gasteiger partial charge in [-0.1, -0.05) is 31.4 Å². The van der Waals surface area contributed by atoms with Gasteiger partial charge in [0.25, 0.3) is 0 Å². The zero-order valence-electron chi connectivity index (χ0n) is 11.0. The maximum atomic E-state index is 11.7. The fourth-order valence-corrected chi connectivity index (χ4v) is 2.93. The second kappa shape index (κ2) is 5.03. The summed E-state index contributed by atoms with van der Waals surface area (Å²) >= 11 is 0. The molecule has 0 aromatic heterocycles. The number of aliphatic carboxylic acids is 1. The highest BCUT2D eigenvalue weighted by molar-refractivity contribution is 5.90. The van der Waals surface area contributed by atoms with E-state index in [4.69, 9.17) is 5.11 Å². The Morgan fingerprint density at radius 2 is 1.74 bits per heavy atom. The topological polar surface area (TPSA) is 74.6 Å². The Labute approximate surface area is 112 Å². The van der Waals surface area contributed by atoms with Crippen LogP contribution < -0.4 is 0 Å². The Hall–Kier alpha value is -1.84. The van der Waals surface area contributed by atoms with Crippen molar-refractivity contribution in [2.24, 2.45) is 0 Å². The molecule has 4 nitrogen and oxygen atoms in total. The summed E-state index contributed by atoms with van der Waals surface area (Å²) < 4.78 is 0. The Morgan fingerprint density at radius 1 is 1.11 bits per heavy atom. The lowest BCUT2D eigenvalue weighted by atomic mass is 9.69. The van der Waals surface area contributed by atoms with Crippen LogP contribution in [0.1, 0.15) is 53.6 Å². The van der Waals surface area contributed by atoms with E-state index in [1.54, 1.807) is 19.1 Å². The molecule has 2 N–H and O–H groups in total. The van der Waals surface area contributed by atoms with Crippen LogP contribution in [0.3, 0.4) is 0 Å². The van der Waals surface area contributed by atoms with Crippen molar-refractivity contribution in [3.05, 3.63) is 34.9 Å². The van der Waals surface area contributed by atoms with Crippen LogP contribution in [-0.4, -0.2) is 22.2 Å². The van der Waals surface area contributed by atoms with Gasteiger partial charge in [-0.15, -0.1) is 0 Å². The van der Waals surface area contributed by atoms with E-state index in [-0.39, 0.29) is 5.56 Å². The maximum absolute atomic E-state index is 11.7. The molecule has 1 aliphatic carbocycles. The first kappa shape index (κ1) is 13.6. The summed E-state index contributed by atoms with van der Waals surface area (Å²) in [6, 6.07) is 5.01. The number of carbonyl (C=O) groups is 2. The number of carboxylic acids is 2. The second-order valence-corrected chi connectivity index (χ2v) is 5.28. The number of hydrogen-bond donors (Lipinski definition) is 2. The van der Waals surface area contributed by atoms with E-state index in [2.05, 4.69) is 0 Å². The van der Waals surface area contributed by atoms with Crippen LogP contribution >= 0.6 is 0 Å². The van der Waals surface area contributed by atoms with Crippen LogP contribution in [0.4, 0.5) is 0 Å². The van der Waals surface area contributed by atoms with Crippen LogP contribution in [0, 0.1) is 6.92 Å². The van der Waals surface area contributed by atoms with E-state index in [0.717, 1.165) is 19.3 Å². The van der Waals surface area contributed by atoms with Crippen molar-refractivity contribution in [3.8, 4) is 0 Å². The number of benzene rings is 1. The number of carboxylic acid groups (broad SMARTS) is 2. The number of aromatic carboxylic acids is 1. The molecule has 102 valence electrons.